The Balaban J connectivity index is 2.37. The molecule has 7 heteroatoms. The predicted octanol–water partition coefficient (Wildman–Crippen LogP) is 5.74. The van der Waals surface area contributed by atoms with Gasteiger partial charge in [0.15, 0.2) is 0 Å². The number of amides is 3. The summed E-state index contributed by atoms with van der Waals surface area (Å²) in [5, 5.41) is 5.64. The maximum atomic E-state index is 13.8. The number of alkyl carbamates (subject to hydrolysis) is 1. The van der Waals surface area contributed by atoms with E-state index in [-0.39, 0.29) is 11.8 Å². The van der Waals surface area contributed by atoms with Gasteiger partial charge in [-0.15, -0.1) is 6.42 Å². The minimum absolute atomic E-state index is 0.307. The highest BCUT2D eigenvalue weighted by atomic mass is 16.6. The third-order valence-electron chi connectivity index (χ3n) is 6.15. The van der Waals surface area contributed by atoms with E-state index in [2.05, 4.69) is 23.5 Å². The second kappa shape index (κ2) is 15.6. The average Bonchev–Trinajstić information content (AvgIpc) is 2.90. The second-order valence-corrected chi connectivity index (χ2v) is 10.7. The molecule has 39 heavy (non-hydrogen) atoms. The Labute approximate surface area is 233 Å². The lowest BCUT2D eigenvalue weighted by Crippen LogP contribution is -2.52. The fourth-order valence-corrected chi connectivity index (χ4v) is 4.16. The highest BCUT2D eigenvalue weighted by Gasteiger charge is 2.34. The molecule has 0 fully saturated rings. The zero-order valence-corrected chi connectivity index (χ0v) is 24.0. The fraction of sp³-hybridized carbons (Fsp3) is 0.469. The van der Waals surface area contributed by atoms with Crippen molar-refractivity contribution in [1.29, 1.82) is 0 Å². The molecular weight excluding hydrogens is 490 g/mol. The Kier molecular flexibility index (Phi) is 12.6. The average molecular weight is 534 g/mol. The van der Waals surface area contributed by atoms with Crippen LogP contribution in [-0.2, 0) is 20.9 Å². The topological polar surface area (TPSA) is 87.7 Å². The van der Waals surface area contributed by atoms with Crippen molar-refractivity contribution < 1.29 is 19.1 Å². The van der Waals surface area contributed by atoms with Crippen LogP contribution in [-0.4, -0.2) is 41.0 Å². The monoisotopic (exact) mass is 533 g/mol. The summed E-state index contributed by atoms with van der Waals surface area (Å²) >= 11 is 0. The largest absolute Gasteiger partial charge is 0.444 e. The van der Waals surface area contributed by atoms with Crippen LogP contribution in [0.3, 0.4) is 0 Å². The number of rotatable bonds is 13. The van der Waals surface area contributed by atoms with Crippen LogP contribution in [0, 0.1) is 12.3 Å². The first-order valence-corrected chi connectivity index (χ1v) is 13.7. The van der Waals surface area contributed by atoms with Crippen molar-refractivity contribution >= 4 is 17.9 Å². The molecule has 0 aliphatic rings. The van der Waals surface area contributed by atoms with Crippen molar-refractivity contribution in [2.24, 2.45) is 0 Å². The van der Waals surface area contributed by atoms with E-state index >= 15 is 0 Å². The summed E-state index contributed by atoms with van der Waals surface area (Å²) in [7, 11) is 0. The number of carbonyl (C=O) groups excluding carboxylic acids is 3. The van der Waals surface area contributed by atoms with Gasteiger partial charge in [-0.3, -0.25) is 9.59 Å². The molecule has 2 rings (SSSR count). The zero-order chi connectivity index (χ0) is 28.8. The van der Waals surface area contributed by atoms with Crippen molar-refractivity contribution in [2.45, 2.75) is 91.0 Å². The van der Waals surface area contributed by atoms with Gasteiger partial charge in [-0.25, -0.2) is 4.79 Å². The van der Waals surface area contributed by atoms with E-state index in [1.54, 1.807) is 56.9 Å². The number of hydrogen-bond acceptors (Lipinski definition) is 4. The summed E-state index contributed by atoms with van der Waals surface area (Å²) in [6, 6.07) is 14.9. The van der Waals surface area contributed by atoms with Crippen molar-refractivity contribution in [3.63, 3.8) is 0 Å². The third kappa shape index (κ3) is 10.8. The van der Waals surface area contributed by atoms with Crippen LogP contribution in [0.4, 0.5) is 4.79 Å². The molecule has 2 unspecified atom stereocenters. The van der Waals surface area contributed by atoms with Gasteiger partial charge in [-0.1, -0.05) is 81.0 Å². The van der Waals surface area contributed by atoms with E-state index in [1.165, 1.54) is 0 Å². The van der Waals surface area contributed by atoms with Crippen LogP contribution in [0.15, 0.2) is 54.6 Å². The highest BCUT2D eigenvalue weighted by Crippen LogP contribution is 2.24. The lowest BCUT2D eigenvalue weighted by Gasteiger charge is -2.34. The van der Waals surface area contributed by atoms with Gasteiger partial charge in [0.25, 0.3) is 0 Å². The van der Waals surface area contributed by atoms with Gasteiger partial charge in [-0.05, 0) is 57.4 Å². The van der Waals surface area contributed by atoms with Gasteiger partial charge >= 0.3 is 6.09 Å². The SMILES string of the molecule is C#Cc1ccc(C(C(=O)NCc2ccccc2)N(CCCCCCC)C(=O)C(C)NC(=O)OC(C)(C)C)cc1. The van der Waals surface area contributed by atoms with E-state index in [0.717, 1.165) is 37.7 Å². The number of carbonyl (C=O) groups is 3. The van der Waals surface area contributed by atoms with Crippen LogP contribution in [0.1, 0.15) is 89.5 Å². The van der Waals surface area contributed by atoms with Gasteiger partial charge < -0.3 is 20.3 Å². The zero-order valence-electron chi connectivity index (χ0n) is 24.0. The molecule has 7 nitrogen and oxygen atoms in total. The molecule has 0 saturated heterocycles. The summed E-state index contributed by atoms with van der Waals surface area (Å²) in [5.41, 5.74) is 1.57. The number of unbranched alkanes of at least 4 members (excludes halogenated alkanes) is 4. The summed E-state index contributed by atoms with van der Waals surface area (Å²) in [6.07, 6.45) is 9.78. The summed E-state index contributed by atoms with van der Waals surface area (Å²) in [5.74, 6) is 1.92. The molecule has 0 heterocycles. The van der Waals surface area contributed by atoms with Crippen LogP contribution in [0.25, 0.3) is 0 Å². The number of benzene rings is 2. The molecule has 0 spiro atoms. The van der Waals surface area contributed by atoms with E-state index in [0.29, 0.717) is 24.2 Å². The quantitative estimate of drug-likeness (QED) is 0.254. The molecule has 0 aliphatic carbocycles. The van der Waals surface area contributed by atoms with Crippen LogP contribution < -0.4 is 10.6 Å². The lowest BCUT2D eigenvalue weighted by molar-refractivity contribution is -0.142. The van der Waals surface area contributed by atoms with Crippen molar-refractivity contribution in [1.82, 2.24) is 15.5 Å². The van der Waals surface area contributed by atoms with Crippen molar-refractivity contribution in [3.8, 4) is 12.3 Å². The Hall–Kier alpha value is -3.79. The molecule has 0 aliphatic heterocycles. The van der Waals surface area contributed by atoms with Gasteiger partial charge in [0.2, 0.25) is 11.8 Å². The van der Waals surface area contributed by atoms with E-state index in [1.807, 2.05) is 30.3 Å². The fourth-order valence-electron chi connectivity index (χ4n) is 4.16. The molecule has 2 N–H and O–H groups in total. The molecule has 0 aromatic heterocycles. The summed E-state index contributed by atoms with van der Waals surface area (Å²) in [6.45, 7) is 9.72. The first kappa shape index (κ1) is 31.4. The molecular formula is C32H43N3O4. The van der Waals surface area contributed by atoms with Crippen LogP contribution in [0.2, 0.25) is 0 Å². The van der Waals surface area contributed by atoms with Gasteiger partial charge in [0, 0.05) is 18.7 Å². The Bertz CT molecular complexity index is 1100. The Morgan fingerprint density at radius 1 is 0.974 bits per heavy atom. The normalized spacial score (nSPS) is 12.5. The standard InChI is InChI=1S/C32H43N3O4/c1-7-9-10-11-15-22-35(30(37)24(3)34-31(38)39-32(4,5)6)28(27-20-18-25(8-2)19-21-27)29(36)33-23-26-16-13-12-14-17-26/h2,12-14,16-21,24,28H,7,9-11,15,22-23H2,1,3-6H3,(H,33,36)(H,34,38). The minimum Gasteiger partial charge on any atom is -0.444 e. The maximum Gasteiger partial charge on any atom is 0.408 e. The van der Waals surface area contributed by atoms with E-state index in [9.17, 15) is 14.4 Å². The lowest BCUT2D eigenvalue weighted by atomic mass is 10.0. The van der Waals surface area contributed by atoms with E-state index < -0.39 is 23.8 Å². The molecule has 2 aromatic carbocycles. The highest BCUT2D eigenvalue weighted by molar-refractivity contribution is 5.92. The molecule has 2 atom stereocenters. The molecule has 210 valence electrons. The van der Waals surface area contributed by atoms with Crippen molar-refractivity contribution in [3.05, 3.63) is 71.3 Å². The van der Waals surface area contributed by atoms with Crippen molar-refractivity contribution in [2.75, 3.05) is 6.54 Å². The summed E-state index contributed by atoms with van der Waals surface area (Å²) in [4.78, 5) is 41.6. The van der Waals surface area contributed by atoms with Gasteiger partial charge in [0.1, 0.15) is 17.7 Å². The smallest absolute Gasteiger partial charge is 0.408 e. The molecule has 0 bridgehead atoms. The van der Waals surface area contributed by atoms with E-state index in [4.69, 9.17) is 11.2 Å². The summed E-state index contributed by atoms with van der Waals surface area (Å²) < 4.78 is 5.35. The first-order chi connectivity index (χ1) is 18.6. The predicted molar refractivity (Wildman–Crippen MR) is 155 cm³/mol. The molecule has 3 amide bonds. The maximum absolute atomic E-state index is 13.8. The molecule has 0 saturated carbocycles. The molecule has 2 aromatic rings. The van der Waals surface area contributed by atoms with Crippen LogP contribution >= 0.6 is 0 Å². The van der Waals surface area contributed by atoms with Gasteiger partial charge in [-0.2, -0.15) is 0 Å². The second-order valence-electron chi connectivity index (χ2n) is 10.7. The van der Waals surface area contributed by atoms with Crippen LogP contribution in [0.5, 0.6) is 0 Å². The minimum atomic E-state index is -0.901. The Morgan fingerprint density at radius 3 is 2.21 bits per heavy atom. The Morgan fingerprint density at radius 2 is 1.62 bits per heavy atom. The number of nitrogens with zero attached hydrogens (tertiary/aromatic N) is 1. The number of nitrogens with one attached hydrogen (secondary N) is 2. The number of hydrogen-bond donors (Lipinski definition) is 2. The first-order valence-electron chi connectivity index (χ1n) is 13.7. The number of ether oxygens (including phenoxy) is 1. The molecule has 0 radical (unpaired) electrons. The van der Waals surface area contributed by atoms with Gasteiger partial charge in [0.05, 0.1) is 0 Å². The number of terminal acetylenes is 1. The third-order valence-corrected chi connectivity index (χ3v) is 6.15.